The number of sulfonamides is 1. The minimum Gasteiger partial charge on any atom is -0.493 e. The summed E-state index contributed by atoms with van der Waals surface area (Å²) in [5.41, 5.74) is 0. The first-order valence-electron chi connectivity index (χ1n) is 7.79. The molecule has 3 aromatic rings. The smallest absolute Gasteiger partial charge is 0.240 e. The maximum Gasteiger partial charge on any atom is 0.240 e. The number of hydrogen-bond donors (Lipinski definition) is 1. The normalized spacial score (nSPS) is 12.7. The number of furan rings is 1. The molecule has 0 saturated carbocycles. The minimum absolute atomic E-state index is 0.0753. The average Bonchev–Trinajstić information content (AvgIpc) is 3.35. The Kier molecular flexibility index (Phi) is 5.29. The van der Waals surface area contributed by atoms with Crippen molar-refractivity contribution in [2.24, 2.45) is 0 Å². The van der Waals surface area contributed by atoms with Crippen molar-refractivity contribution in [3.8, 4) is 11.5 Å². The van der Waals surface area contributed by atoms with Gasteiger partial charge >= 0.3 is 0 Å². The first kappa shape index (κ1) is 18.0. The van der Waals surface area contributed by atoms with Crippen LogP contribution in [0.1, 0.15) is 11.8 Å². The highest BCUT2D eigenvalue weighted by Gasteiger charge is 2.22. The number of benzene rings is 1. The number of rotatable bonds is 8. The third-order valence-corrected chi connectivity index (χ3v) is 5.27. The van der Waals surface area contributed by atoms with Gasteiger partial charge in [-0.15, -0.1) is 0 Å². The quantitative estimate of drug-likeness (QED) is 0.646. The van der Waals surface area contributed by atoms with Crippen molar-refractivity contribution >= 4 is 10.0 Å². The molecule has 0 aliphatic carbocycles. The van der Waals surface area contributed by atoms with Crippen LogP contribution in [0.2, 0.25) is 0 Å². The molecule has 8 nitrogen and oxygen atoms in total. The Morgan fingerprint density at radius 2 is 2.00 bits per heavy atom. The van der Waals surface area contributed by atoms with Crippen molar-refractivity contribution in [1.29, 1.82) is 0 Å². The van der Waals surface area contributed by atoms with Crippen molar-refractivity contribution < 1.29 is 22.3 Å². The number of nitrogens with one attached hydrogen (secondary N) is 1. The summed E-state index contributed by atoms with van der Waals surface area (Å²) in [6.45, 7) is 0.0753. The Balaban J connectivity index is 1.83. The highest BCUT2D eigenvalue weighted by atomic mass is 32.2. The van der Waals surface area contributed by atoms with E-state index in [2.05, 4.69) is 9.82 Å². The van der Waals surface area contributed by atoms with Crippen LogP contribution in [0.3, 0.4) is 0 Å². The Morgan fingerprint density at radius 1 is 1.19 bits per heavy atom. The van der Waals surface area contributed by atoms with Gasteiger partial charge in [-0.2, -0.15) is 5.10 Å². The molecule has 0 spiro atoms. The first-order valence-corrected chi connectivity index (χ1v) is 9.27. The van der Waals surface area contributed by atoms with Crippen LogP contribution in [0.5, 0.6) is 11.5 Å². The zero-order valence-electron chi connectivity index (χ0n) is 14.3. The highest BCUT2D eigenvalue weighted by molar-refractivity contribution is 7.89. The molecule has 2 aromatic heterocycles. The molecular formula is C17H19N3O5S. The van der Waals surface area contributed by atoms with E-state index in [9.17, 15) is 8.42 Å². The van der Waals surface area contributed by atoms with Crippen molar-refractivity contribution in [1.82, 2.24) is 14.5 Å². The molecule has 0 aliphatic rings. The summed E-state index contributed by atoms with van der Waals surface area (Å²) in [5, 5.41) is 4.18. The van der Waals surface area contributed by atoms with Gasteiger partial charge in [0, 0.05) is 25.0 Å². The summed E-state index contributed by atoms with van der Waals surface area (Å²) in [5.74, 6) is 1.39. The Morgan fingerprint density at radius 3 is 2.62 bits per heavy atom. The average molecular weight is 377 g/mol. The predicted octanol–water partition coefficient (Wildman–Crippen LogP) is 2.06. The van der Waals surface area contributed by atoms with Crippen molar-refractivity contribution in [3.05, 3.63) is 60.8 Å². The fraction of sp³-hybridized carbons (Fsp3) is 0.235. The van der Waals surface area contributed by atoms with E-state index < -0.39 is 16.1 Å². The number of hydrogen-bond acceptors (Lipinski definition) is 6. The van der Waals surface area contributed by atoms with Gasteiger partial charge < -0.3 is 13.9 Å². The third kappa shape index (κ3) is 3.73. The molecular weight excluding hydrogens is 358 g/mol. The van der Waals surface area contributed by atoms with Gasteiger partial charge in [0.1, 0.15) is 11.8 Å². The number of ether oxygens (including phenoxy) is 2. The second-order valence-corrected chi connectivity index (χ2v) is 7.15. The summed E-state index contributed by atoms with van der Waals surface area (Å²) in [6.07, 6.45) is 4.91. The fourth-order valence-corrected chi connectivity index (χ4v) is 3.58. The zero-order chi connectivity index (χ0) is 18.6. The van der Waals surface area contributed by atoms with E-state index in [0.29, 0.717) is 17.3 Å². The van der Waals surface area contributed by atoms with Crippen LogP contribution in [0.15, 0.2) is 64.4 Å². The van der Waals surface area contributed by atoms with Gasteiger partial charge in [-0.25, -0.2) is 13.1 Å². The van der Waals surface area contributed by atoms with E-state index in [1.165, 1.54) is 32.6 Å². The molecule has 0 amide bonds. The van der Waals surface area contributed by atoms with Crippen LogP contribution in [0, 0.1) is 0 Å². The molecule has 0 saturated heterocycles. The number of aromatic nitrogens is 2. The molecule has 0 bridgehead atoms. The highest BCUT2D eigenvalue weighted by Crippen LogP contribution is 2.29. The maximum absolute atomic E-state index is 12.7. The standard InChI is InChI=1S/C17H19N3O5S/c1-23-16-7-6-13(11-17(16)24-2)26(21,22)19-12-14(15-5-3-10-25-15)20-9-4-8-18-20/h3-11,14,19H,12H2,1-2H3. The van der Waals surface area contributed by atoms with E-state index in [0.717, 1.165) is 0 Å². The van der Waals surface area contributed by atoms with Crippen LogP contribution in [-0.4, -0.2) is 39.0 Å². The Labute approximate surface area is 151 Å². The lowest BCUT2D eigenvalue weighted by atomic mass is 10.2. The molecule has 1 unspecified atom stereocenters. The molecule has 26 heavy (non-hydrogen) atoms. The van der Waals surface area contributed by atoms with Gasteiger partial charge in [-0.05, 0) is 30.3 Å². The molecule has 1 N–H and O–H groups in total. The fourth-order valence-electron chi connectivity index (χ4n) is 2.53. The van der Waals surface area contributed by atoms with Crippen LogP contribution >= 0.6 is 0 Å². The van der Waals surface area contributed by atoms with E-state index in [-0.39, 0.29) is 11.4 Å². The molecule has 138 valence electrons. The first-order chi connectivity index (χ1) is 12.5. The van der Waals surface area contributed by atoms with Crippen LogP contribution in [0.4, 0.5) is 0 Å². The lowest BCUT2D eigenvalue weighted by molar-refractivity contribution is 0.354. The van der Waals surface area contributed by atoms with Crippen molar-refractivity contribution in [2.75, 3.05) is 20.8 Å². The van der Waals surface area contributed by atoms with E-state index in [4.69, 9.17) is 13.9 Å². The Bertz CT molecular complexity index is 903. The van der Waals surface area contributed by atoms with Crippen LogP contribution < -0.4 is 14.2 Å². The summed E-state index contributed by atoms with van der Waals surface area (Å²) in [7, 11) is -0.824. The topological polar surface area (TPSA) is 95.6 Å². The summed E-state index contributed by atoms with van der Waals surface area (Å²) < 4.78 is 45.3. The van der Waals surface area contributed by atoms with Gasteiger partial charge in [-0.1, -0.05) is 0 Å². The lowest BCUT2D eigenvalue weighted by Crippen LogP contribution is -2.31. The predicted molar refractivity (Wildman–Crippen MR) is 93.8 cm³/mol. The molecule has 1 aromatic carbocycles. The van der Waals surface area contributed by atoms with Gasteiger partial charge in [0.25, 0.3) is 0 Å². The summed E-state index contributed by atoms with van der Waals surface area (Å²) >= 11 is 0. The molecule has 0 aliphatic heterocycles. The van der Waals surface area contributed by atoms with E-state index >= 15 is 0 Å². The summed E-state index contributed by atoms with van der Waals surface area (Å²) in [6, 6.07) is 9.29. The van der Waals surface area contributed by atoms with Crippen LogP contribution in [-0.2, 0) is 10.0 Å². The van der Waals surface area contributed by atoms with Gasteiger partial charge in [0.15, 0.2) is 11.5 Å². The van der Waals surface area contributed by atoms with E-state index in [1.807, 2.05) is 0 Å². The summed E-state index contributed by atoms with van der Waals surface area (Å²) in [4.78, 5) is 0.0776. The van der Waals surface area contributed by atoms with Crippen LogP contribution in [0.25, 0.3) is 0 Å². The molecule has 0 radical (unpaired) electrons. The molecule has 2 heterocycles. The Hall–Kier alpha value is -2.78. The monoisotopic (exact) mass is 377 g/mol. The number of nitrogens with zero attached hydrogens (tertiary/aromatic N) is 2. The van der Waals surface area contributed by atoms with Crippen molar-refractivity contribution in [2.45, 2.75) is 10.9 Å². The third-order valence-electron chi connectivity index (χ3n) is 3.85. The molecule has 0 fully saturated rings. The lowest BCUT2D eigenvalue weighted by Gasteiger charge is -2.17. The van der Waals surface area contributed by atoms with Gasteiger partial charge in [0.05, 0.1) is 25.4 Å². The maximum atomic E-state index is 12.7. The van der Waals surface area contributed by atoms with Crippen molar-refractivity contribution in [3.63, 3.8) is 0 Å². The number of methoxy groups -OCH3 is 2. The second-order valence-electron chi connectivity index (χ2n) is 5.39. The zero-order valence-corrected chi connectivity index (χ0v) is 15.1. The second kappa shape index (κ2) is 7.63. The molecule has 1 atom stereocenters. The SMILES string of the molecule is COc1ccc(S(=O)(=O)NCC(c2ccco2)n2cccn2)cc1OC. The largest absolute Gasteiger partial charge is 0.493 e. The van der Waals surface area contributed by atoms with Gasteiger partial charge in [-0.3, -0.25) is 4.68 Å². The minimum atomic E-state index is -3.76. The van der Waals surface area contributed by atoms with Gasteiger partial charge in [0.2, 0.25) is 10.0 Å². The molecule has 9 heteroatoms. The molecule has 3 rings (SSSR count). The van der Waals surface area contributed by atoms with E-state index in [1.54, 1.807) is 41.3 Å².